The lowest BCUT2D eigenvalue weighted by Gasteiger charge is -2.15. The van der Waals surface area contributed by atoms with Gasteiger partial charge in [0.25, 0.3) is 0 Å². The topological polar surface area (TPSA) is 66.5 Å². The summed E-state index contributed by atoms with van der Waals surface area (Å²) in [4.78, 5) is 0. The molecule has 2 rings (SSSR count). The molecule has 2 aromatic carbocycles. The molecule has 1 atom stereocenters. The molecule has 0 aromatic heterocycles. The van der Waals surface area contributed by atoms with Crippen molar-refractivity contribution in [1.29, 1.82) is 0 Å². The first kappa shape index (κ1) is 11.5. The van der Waals surface area contributed by atoms with E-state index in [1.165, 1.54) is 6.07 Å². The summed E-state index contributed by atoms with van der Waals surface area (Å²) in [5.41, 5.74) is 8.74. The van der Waals surface area contributed by atoms with Crippen molar-refractivity contribution in [2.24, 2.45) is 0 Å². The third-order valence-corrected chi connectivity index (χ3v) is 2.84. The summed E-state index contributed by atoms with van der Waals surface area (Å²) in [5, 5.41) is 19.6. The molecule has 0 heterocycles. The molecule has 0 saturated carbocycles. The molecule has 17 heavy (non-hydrogen) atoms. The van der Waals surface area contributed by atoms with Gasteiger partial charge in [0.1, 0.15) is 11.9 Å². The molecule has 2 aromatic rings. The number of benzene rings is 2. The van der Waals surface area contributed by atoms with Gasteiger partial charge >= 0.3 is 0 Å². The van der Waals surface area contributed by atoms with Crippen molar-refractivity contribution in [2.45, 2.75) is 13.0 Å². The first-order valence-corrected chi connectivity index (χ1v) is 5.41. The Bertz CT molecular complexity index is 537. The molecule has 88 valence electrons. The number of hydrogen-bond acceptors (Lipinski definition) is 3. The Morgan fingerprint density at radius 1 is 1.12 bits per heavy atom. The molecule has 0 aliphatic heterocycles. The van der Waals surface area contributed by atoms with Crippen LogP contribution in [0.3, 0.4) is 0 Å². The van der Waals surface area contributed by atoms with Crippen molar-refractivity contribution in [1.82, 2.24) is 0 Å². The van der Waals surface area contributed by atoms with E-state index >= 15 is 0 Å². The highest BCUT2D eigenvalue weighted by Crippen LogP contribution is 2.29. The van der Waals surface area contributed by atoms with Gasteiger partial charge in [0, 0.05) is 11.3 Å². The van der Waals surface area contributed by atoms with Crippen LogP contribution in [-0.4, -0.2) is 10.2 Å². The van der Waals surface area contributed by atoms with E-state index in [1.54, 1.807) is 24.3 Å². The third-order valence-electron chi connectivity index (χ3n) is 2.84. The molecule has 0 radical (unpaired) electrons. The minimum atomic E-state index is -0.818. The van der Waals surface area contributed by atoms with Crippen molar-refractivity contribution in [3.05, 3.63) is 59.2 Å². The summed E-state index contributed by atoms with van der Waals surface area (Å²) in [5.74, 6) is 0.132. The molecule has 0 saturated heterocycles. The number of aromatic hydroxyl groups is 1. The number of phenols is 1. The minimum Gasteiger partial charge on any atom is -0.508 e. The monoisotopic (exact) mass is 229 g/mol. The van der Waals surface area contributed by atoms with Crippen LogP contribution in [-0.2, 0) is 0 Å². The second-order valence-electron chi connectivity index (χ2n) is 4.08. The van der Waals surface area contributed by atoms with Crippen LogP contribution in [0.25, 0.3) is 0 Å². The average Bonchev–Trinajstić information content (AvgIpc) is 2.32. The van der Waals surface area contributed by atoms with E-state index in [2.05, 4.69) is 0 Å². The third kappa shape index (κ3) is 2.24. The number of rotatable bonds is 2. The van der Waals surface area contributed by atoms with Gasteiger partial charge in [0.2, 0.25) is 0 Å². The van der Waals surface area contributed by atoms with Crippen LogP contribution >= 0.6 is 0 Å². The Balaban J connectivity index is 2.44. The number of para-hydroxylation sites is 1. The molecule has 4 N–H and O–H groups in total. The summed E-state index contributed by atoms with van der Waals surface area (Å²) in [6, 6.07) is 12.1. The summed E-state index contributed by atoms with van der Waals surface area (Å²) < 4.78 is 0. The van der Waals surface area contributed by atoms with Gasteiger partial charge in [0.15, 0.2) is 0 Å². The lowest BCUT2D eigenvalue weighted by atomic mass is 9.98. The molecular formula is C14H15NO2. The largest absolute Gasteiger partial charge is 0.508 e. The fourth-order valence-corrected chi connectivity index (χ4v) is 1.82. The van der Waals surface area contributed by atoms with Gasteiger partial charge in [-0.15, -0.1) is 0 Å². The highest BCUT2D eigenvalue weighted by molar-refractivity contribution is 5.56. The van der Waals surface area contributed by atoms with E-state index < -0.39 is 6.10 Å². The Labute approximate surface area is 100 Å². The second-order valence-corrected chi connectivity index (χ2v) is 4.08. The fraction of sp³-hybridized carbons (Fsp3) is 0.143. The van der Waals surface area contributed by atoms with Gasteiger partial charge in [-0.3, -0.25) is 0 Å². The Kier molecular flexibility index (Phi) is 3.02. The maximum atomic E-state index is 10.2. The summed E-state index contributed by atoms with van der Waals surface area (Å²) in [6.07, 6.45) is -0.818. The van der Waals surface area contributed by atoms with Gasteiger partial charge in [-0.05, 0) is 30.2 Å². The van der Waals surface area contributed by atoms with Crippen LogP contribution < -0.4 is 5.73 Å². The number of aryl methyl sites for hydroxylation is 1. The van der Waals surface area contributed by atoms with Crippen LogP contribution in [0, 0.1) is 6.92 Å². The molecule has 3 nitrogen and oxygen atoms in total. The first-order chi connectivity index (χ1) is 8.09. The Morgan fingerprint density at radius 2 is 1.82 bits per heavy atom. The smallest absolute Gasteiger partial charge is 0.115 e. The van der Waals surface area contributed by atoms with Crippen molar-refractivity contribution in [3.63, 3.8) is 0 Å². The molecular weight excluding hydrogens is 214 g/mol. The van der Waals surface area contributed by atoms with Gasteiger partial charge in [-0.2, -0.15) is 0 Å². The van der Waals surface area contributed by atoms with Crippen molar-refractivity contribution in [2.75, 3.05) is 5.73 Å². The summed E-state index contributed by atoms with van der Waals surface area (Å²) >= 11 is 0. The standard InChI is InChI=1S/C14H15NO2/c1-9-4-2-7-12(13(9)15)14(17)10-5-3-6-11(16)8-10/h2-8,14,16-17H,15H2,1H3. The van der Waals surface area contributed by atoms with E-state index in [4.69, 9.17) is 5.73 Å². The van der Waals surface area contributed by atoms with Gasteiger partial charge in [-0.1, -0.05) is 30.3 Å². The second kappa shape index (κ2) is 4.47. The number of anilines is 1. The van der Waals surface area contributed by atoms with Crippen molar-refractivity contribution in [3.8, 4) is 5.75 Å². The van der Waals surface area contributed by atoms with E-state index in [-0.39, 0.29) is 5.75 Å². The van der Waals surface area contributed by atoms with E-state index in [9.17, 15) is 10.2 Å². The average molecular weight is 229 g/mol. The fourth-order valence-electron chi connectivity index (χ4n) is 1.82. The highest BCUT2D eigenvalue weighted by atomic mass is 16.3. The maximum absolute atomic E-state index is 10.2. The normalized spacial score (nSPS) is 12.4. The van der Waals surface area contributed by atoms with E-state index in [1.807, 2.05) is 19.1 Å². The zero-order chi connectivity index (χ0) is 12.4. The molecule has 0 aliphatic rings. The molecule has 0 amide bonds. The Morgan fingerprint density at radius 3 is 2.53 bits per heavy atom. The number of nitrogens with two attached hydrogens (primary N) is 1. The number of aliphatic hydroxyl groups is 1. The maximum Gasteiger partial charge on any atom is 0.115 e. The van der Waals surface area contributed by atoms with Crippen LogP contribution in [0.1, 0.15) is 22.8 Å². The van der Waals surface area contributed by atoms with Crippen LogP contribution in [0.15, 0.2) is 42.5 Å². The minimum absolute atomic E-state index is 0.132. The number of aliphatic hydroxyl groups excluding tert-OH is 1. The highest BCUT2D eigenvalue weighted by Gasteiger charge is 2.14. The van der Waals surface area contributed by atoms with Crippen LogP contribution in [0.4, 0.5) is 5.69 Å². The van der Waals surface area contributed by atoms with E-state index in [0.29, 0.717) is 16.8 Å². The SMILES string of the molecule is Cc1cccc(C(O)c2cccc(O)c2)c1N. The molecule has 1 unspecified atom stereocenters. The summed E-state index contributed by atoms with van der Waals surface area (Å²) in [7, 11) is 0. The molecule has 0 fully saturated rings. The van der Waals surface area contributed by atoms with Crippen LogP contribution in [0.2, 0.25) is 0 Å². The van der Waals surface area contributed by atoms with Crippen molar-refractivity contribution >= 4 is 5.69 Å². The lowest BCUT2D eigenvalue weighted by Crippen LogP contribution is -2.04. The first-order valence-electron chi connectivity index (χ1n) is 5.41. The Hall–Kier alpha value is -2.00. The quantitative estimate of drug-likeness (QED) is 0.692. The van der Waals surface area contributed by atoms with Gasteiger partial charge < -0.3 is 15.9 Å². The van der Waals surface area contributed by atoms with Crippen molar-refractivity contribution < 1.29 is 10.2 Å². The zero-order valence-electron chi connectivity index (χ0n) is 9.59. The molecule has 0 aliphatic carbocycles. The van der Waals surface area contributed by atoms with Gasteiger partial charge in [0.05, 0.1) is 0 Å². The predicted molar refractivity (Wildman–Crippen MR) is 67.8 cm³/mol. The summed E-state index contributed by atoms with van der Waals surface area (Å²) in [6.45, 7) is 1.90. The number of hydrogen-bond donors (Lipinski definition) is 3. The molecule has 0 bridgehead atoms. The zero-order valence-corrected chi connectivity index (χ0v) is 9.59. The lowest BCUT2D eigenvalue weighted by molar-refractivity contribution is 0.220. The number of phenolic OH excluding ortho intramolecular Hbond substituents is 1. The predicted octanol–water partition coefficient (Wildman–Crippen LogP) is 2.36. The van der Waals surface area contributed by atoms with Crippen LogP contribution in [0.5, 0.6) is 5.75 Å². The molecule has 3 heteroatoms. The van der Waals surface area contributed by atoms with E-state index in [0.717, 1.165) is 5.56 Å². The van der Waals surface area contributed by atoms with Gasteiger partial charge in [-0.25, -0.2) is 0 Å². The molecule has 0 spiro atoms. The number of nitrogen functional groups attached to an aromatic ring is 1.